The SMILES string of the molecule is CN1CCN(c2ccc(C(=O)Nc3ccc(F)c(F)c3F)cc2[N+](=O)[O-])CC1. The molecule has 148 valence electrons. The molecule has 0 unspecified atom stereocenters. The summed E-state index contributed by atoms with van der Waals surface area (Å²) in [5.74, 6) is -5.52. The zero-order valence-corrected chi connectivity index (χ0v) is 14.9. The van der Waals surface area contributed by atoms with Crippen LogP contribution in [0.25, 0.3) is 0 Å². The number of carbonyl (C=O) groups is 1. The van der Waals surface area contributed by atoms with Gasteiger partial charge >= 0.3 is 0 Å². The molecule has 2 aromatic rings. The normalized spacial score (nSPS) is 14.8. The number of benzene rings is 2. The molecule has 1 saturated heterocycles. The van der Waals surface area contributed by atoms with Gasteiger partial charge in [0, 0.05) is 37.8 Å². The molecular formula is C18H17F3N4O3. The number of amides is 1. The molecule has 1 amide bonds. The number of anilines is 2. The van der Waals surface area contributed by atoms with E-state index < -0.39 is 34.0 Å². The average Bonchev–Trinajstić information content (AvgIpc) is 2.68. The fourth-order valence-electron chi connectivity index (χ4n) is 2.94. The highest BCUT2D eigenvalue weighted by Crippen LogP contribution is 2.30. The number of piperazine rings is 1. The molecule has 2 aromatic carbocycles. The third-order valence-electron chi connectivity index (χ3n) is 4.56. The Morgan fingerprint density at radius 1 is 1.07 bits per heavy atom. The number of carbonyl (C=O) groups excluding carboxylic acids is 1. The van der Waals surface area contributed by atoms with E-state index in [1.54, 1.807) is 0 Å². The lowest BCUT2D eigenvalue weighted by Gasteiger charge is -2.33. The second-order valence-corrected chi connectivity index (χ2v) is 6.43. The summed E-state index contributed by atoms with van der Waals surface area (Å²) >= 11 is 0. The molecule has 0 radical (unpaired) electrons. The number of nitrogens with one attached hydrogen (secondary N) is 1. The Morgan fingerprint density at radius 2 is 1.75 bits per heavy atom. The van der Waals surface area contributed by atoms with E-state index >= 15 is 0 Å². The molecule has 0 bridgehead atoms. The van der Waals surface area contributed by atoms with E-state index in [1.165, 1.54) is 12.1 Å². The van der Waals surface area contributed by atoms with Gasteiger partial charge in [-0.25, -0.2) is 13.2 Å². The van der Waals surface area contributed by atoms with Crippen LogP contribution in [0.15, 0.2) is 30.3 Å². The van der Waals surface area contributed by atoms with Crippen LogP contribution >= 0.6 is 0 Å². The van der Waals surface area contributed by atoms with Crippen LogP contribution < -0.4 is 10.2 Å². The van der Waals surface area contributed by atoms with E-state index in [1.807, 2.05) is 11.9 Å². The molecule has 3 rings (SSSR count). The van der Waals surface area contributed by atoms with Crippen LogP contribution in [0.1, 0.15) is 10.4 Å². The zero-order chi connectivity index (χ0) is 20.4. The van der Waals surface area contributed by atoms with Crippen LogP contribution in [0.5, 0.6) is 0 Å². The molecule has 0 aliphatic carbocycles. The maximum Gasteiger partial charge on any atom is 0.293 e. The highest BCUT2D eigenvalue weighted by atomic mass is 19.2. The second-order valence-electron chi connectivity index (χ2n) is 6.43. The Morgan fingerprint density at radius 3 is 2.39 bits per heavy atom. The zero-order valence-electron chi connectivity index (χ0n) is 14.9. The van der Waals surface area contributed by atoms with Gasteiger partial charge in [0.25, 0.3) is 11.6 Å². The molecule has 1 N–H and O–H groups in total. The van der Waals surface area contributed by atoms with Crippen LogP contribution in [0.4, 0.5) is 30.2 Å². The van der Waals surface area contributed by atoms with E-state index in [4.69, 9.17) is 0 Å². The topological polar surface area (TPSA) is 78.7 Å². The third kappa shape index (κ3) is 3.91. The first-order chi connectivity index (χ1) is 13.3. The van der Waals surface area contributed by atoms with Crippen LogP contribution in [-0.4, -0.2) is 49.0 Å². The Labute approximate surface area is 158 Å². The molecule has 0 saturated carbocycles. The van der Waals surface area contributed by atoms with Crippen LogP contribution in [-0.2, 0) is 0 Å². The predicted molar refractivity (Wildman–Crippen MR) is 97.1 cm³/mol. The predicted octanol–water partition coefficient (Wildman–Crippen LogP) is 3.02. The minimum atomic E-state index is -1.71. The summed E-state index contributed by atoms with van der Waals surface area (Å²) in [5.41, 5.74) is -0.542. The summed E-state index contributed by atoms with van der Waals surface area (Å²) in [6, 6.07) is 5.46. The van der Waals surface area contributed by atoms with Crippen LogP contribution in [0.2, 0.25) is 0 Å². The Hall–Kier alpha value is -3.14. The maximum absolute atomic E-state index is 13.7. The Bertz CT molecular complexity index is 931. The third-order valence-corrected chi connectivity index (χ3v) is 4.56. The highest BCUT2D eigenvalue weighted by molar-refractivity contribution is 6.05. The van der Waals surface area contributed by atoms with Gasteiger partial charge in [-0.3, -0.25) is 14.9 Å². The monoisotopic (exact) mass is 394 g/mol. The summed E-state index contributed by atoms with van der Waals surface area (Å²) in [4.78, 5) is 27.2. The van der Waals surface area contributed by atoms with Crippen molar-refractivity contribution in [1.82, 2.24) is 4.90 Å². The van der Waals surface area contributed by atoms with Crippen molar-refractivity contribution >= 4 is 23.0 Å². The quantitative estimate of drug-likeness (QED) is 0.490. The van der Waals surface area contributed by atoms with E-state index in [-0.39, 0.29) is 11.3 Å². The van der Waals surface area contributed by atoms with Gasteiger partial charge in [-0.2, -0.15) is 0 Å². The maximum atomic E-state index is 13.7. The molecule has 0 aromatic heterocycles. The van der Waals surface area contributed by atoms with Gasteiger partial charge in [0.05, 0.1) is 10.6 Å². The fourth-order valence-corrected chi connectivity index (χ4v) is 2.94. The number of halogens is 3. The number of hydrogen-bond acceptors (Lipinski definition) is 5. The van der Waals surface area contributed by atoms with Crippen molar-refractivity contribution in [1.29, 1.82) is 0 Å². The van der Waals surface area contributed by atoms with Gasteiger partial charge in [0.2, 0.25) is 0 Å². The van der Waals surface area contributed by atoms with E-state index in [0.29, 0.717) is 24.8 Å². The summed E-state index contributed by atoms with van der Waals surface area (Å²) in [7, 11) is 1.95. The number of nitro groups is 1. The summed E-state index contributed by atoms with van der Waals surface area (Å²) in [6.45, 7) is 2.69. The van der Waals surface area contributed by atoms with Crippen molar-refractivity contribution in [2.75, 3.05) is 43.4 Å². The standard InChI is InChI=1S/C18H17F3N4O3/c1-23-6-8-24(9-7-23)14-5-2-11(10-15(14)25(27)28)18(26)22-13-4-3-12(19)16(20)17(13)21/h2-5,10H,6-9H2,1H3,(H,22,26). The van der Waals surface area contributed by atoms with Crippen molar-refractivity contribution in [3.05, 3.63) is 63.5 Å². The van der Waals surface area contributed by atoms with Gasteiger partial charge < -0.3 is 15.1 Å². The van der Waals surface area contributed by atoms with Crippen LogP contribution in [0, 0.1) is 27.6 Å². The van der Waals surface area contributed by atoms with E-state index in [9.17, 15) is 28.1 Å². The average molecular weight is 394 g/mol. The Balaban J connectivity index is 1.86. The molecule has 1 heterocycles. The van der Waals surface area contributed by atoms with E-state index in [2.05, 4.69) is 10.2 Å². The van der Waals surface area contributed by atoms with Crippen molar-refractivity contribution in [2.45, 2.75) is 0 Å². The van der Waals surface area contributed by atoms with Gasteiger partial charge in [0.15, 0.2) is 17.5 Å². The Kier molecular flexibility index (Phi) is 5.50. The first-order valence-corrected chi connectivity index (χ1v) is 8.44. The number of hydrogen-bond donors (Lipinski definition) is 1. The molecule has 1 aliphatic heterocycles. The number of likely N-dealkylation sites (N-methyl/N-ethyl adjacent to an activating group) is 1. The second kappa shape index (κ2) is 7.85. The lowest BCUT2D eigenvalue weighted by molar-refractivity contribution is -0.384. The molecular weight excluding hydrogens is 377 g/mol. The lowest BCUT2D eigenvalue weighted by Crippen LogP contribution is -2.44. The van der Waals surface area contributed by atoms with Crippen LogP contribution in [0.3, 0.4) is 0 Å². The van der Waals surface area contributed by atoms with E-state index in [0.717, 1.165) is 25.2 Å². The molecule has 1 fully saturated rings. The van der Waals surface area contributed by atoms with Gasteiger partial charge in [-0.1, -0.05) is 0 Å². The first-order valence-electron chi connectivity index (χ1n) is 8.44. The first kappa shape index (κ1) is 19.6. The smallest absolute Gasteiger partial charge is 0.293 e. The minimum Gasteiger partial charge on any atom is -0.363 e. The fraction of sp³-hybridized carbons (Fsp3) is 0.278. The number of nitrogens with zero attached hydrogens (tertiary/aromatic N) is 3. The lowest BCUT2D eigenvalue weighted by atomic mass is 10.1. The van der Waals surface area contributed by atoms with Crippen molar-refractivity contribution in [3.63, 3.8) is 0 Å². The number of rotatable bonds is 4. The van der Waals surface area contributed by atoms with Crippen molar-refractivity contribution in [2.24, 2.45) is 0 Å². The molecule has 10 heteroatoms. The summed E-state index contributed by atoms with van der Waals surface area (Å²) in [5, 5.41) is 13.6. The summed E-state index contributed by atoms with van der Waals surface area (Å²) in [6.07, 6.45) is 0. The molecule has 0 spiro atoms. The summed E-state index contributed by atoms with van der Waals surface area (Å²) < 4.78 is 40.0. The van der Waals surface area contributed by atoms with Crippen molar-refractivity contribution < 1.29 is 22.9 Å². The molecule has 28 heavy (non-hydrogen) atoms. The largest absolute Gasteiger partial charge is 0.363 e. The van der Waals surface area contributed by atoms with Gasteiger partial charge in [-0.05, 0) is 31.3 Å². The highest BCUT2D eigenvalue weighted by Gasteiger charge is 2.25. The van der Waals surface area contributed by atoms with Crippen molar-refractivity contribution in [3.8, 4) is 0 Å². The molecule has 1 aliphatic rings. The minimum absolute atomic E-state index is 0.103. The molecule has 0 atom stereocenters. The molecule has 7 nitrogen and oxygen atoms in total. The van der Waals surface area contributed by atoms with Gasteiger partial charge in [0.1, 0.15) is 5.69 Å². The van der Waals surface area contributed by atoms with Gasteiger partial charge in [-0.15, -0.1) is 0 Å². The number of nitro benzene ring substituents is 1.